The van der Waals surface area contributed by atoms with E-state index < -0.39 is 6.04 Å². The number of rotatable bonds is 9. The zero-order valence-corrected chi connectivity index (χ0v) is 16.4. The Kier molecular flexibility index (Phi) is 8.42. The lowest BCUT2D eigenvalue weighted by Gasteiger charge is -2.28. The lowest BCUT2D eigenvalue weighted by atomic mass is 10.1. The molecular formula is C20H28FNO3S. The van der Waals surface area contributed by atoms with Gasteiger partial charge in [0.1, 0.15) is 17.2 Å². The number of unbranched alkanes of at least 4 members (excludes halogenated alkanes) is 3. The van der Waals surface area contributed by atoms with E-state index in [0.29, 0.717) is 18.8 Å². The van der Waals surface area contributed by atoms with Gasteiger partial charge in [0.25, 0.3) is 0 Å². The van der Waals surface area contributed by atoms with Crippen LogP contribution in [0, 0.1) is 5.82 Å². The molecule has 4 nitrogen and oxygen atoms in total. The van der Waals surface area contributed by atoms with E-state index in [4.69, 9.17) is 4.74 Å². The third-order valence-electron chi connectivity index (χ3n) is 4.41. The maximum absolute atomic E-state index is 13.3. The van der Waals surface area contributed by atoms with Gasteiger partial charge in [-0.3, -0.25) is 4.79 Å². The lowest BCUT2D eigenvalue weighted by molar-refractivity contribution is -0.154. The SMILES string of the molecule is CCCCCCC(=O)N1C(C(=O)OCCC)CSC1c1ccc(F)cc1. The summed E-state index contributed by atoms with van der Waals surface area (Å²) in [6, 6.07) is 5.58. The van der Waals surface area contributed by atoms with Gasteiger partial charge in [0.15, 0.2) is 0 Å². The average molecular weight is 382 g/mol. The number of ether oxygens (including phenoxy) is 1. The quantitative estimate of drug-likeness (QED) is 0.460. The fraction of sp³-hybridized carbons (Fsp3) is 0.600. The van der Waals surface area contributed by atoms with Crippen LogP contribution in [0.25, 0.3) is 0 Å². The molecule has 1 amide bonds. The van der Waals surface area contributed by atoms with E-state index in [9.17, 15) is 14.0 Å². The lowest BCUT2D eigenvalue weighted by Crippen LogP contribution is -2.43. The number of thioether (sulfide) groups is 1. The van der Waals surface area contributed by atoms with Crippen LogP contribution in [0.3, 0.4) is 0 Å². The summed E-state index contributed by atoms with van der Waals surface area (Å²) in [6.07, 6.45) is 5.22. The molecular weight excluding hydrogens is 353 g/mol. The first kappa shape index (κ1) is 20.7. The highest BCUT2D eigenvalue weighted by Crippen LogP contribution is 2.42. The van der Waals surface area contributed by atoms with Crippen molar-refractivity contribution in [3.05, 3.63) is 35.6 Å². The van der Waals surface area contributed by atoms with Gasteiger partial charge in [0.05, 0.1) is 6.61 Å². The molecule has 1 aliphatic heterocycles. The normalized spacial score (nSPS) is 19.6. The highest BCUT2D eigenvalue weighted by Gasteiger charge is 2.42. The summed E-state index contributed by atoms with van der Waals surface area (Å²) in [5, 5.41) is -0.270. The summed E-state index contributed by atoms with van der Waals surface area (Å²) in [6.45, 7) is 4.43. The minimum absolute atomic E-state index is 0.0288. The Hall–Kier alpha value is -1.56. The second kappa shape index (κ2) is 10.6. The average Bonchev–Trinajstić information content (AvgIpc) is 3.09. The molecule has 0 aromatic heterocycles. The Labute approximate surface area is 159 Å². The molecule has 0 aliphatic carbocycles. The number of nitrogens with zero attached hydrogens (tertiary/aromatic N) is 1. The van der Waals surface area contributed by atoms with Gasteiger partial charge in [0.2, 0.25) is 5.91 Å². The highest BCUT2D eigenvalue weighted by atomic mass is 32.2. The topological polar surface area (TPSA) is 46.6 Å². The first-order valence-electron chi connectivity index (χ1n) is 9.43. The zero-order valence-electron chi connectivity index (χ0n) is 15.6. The number of carbonyl (C=O) groups excluding carboxylic acids is 2. The molecule has 1 aliphatic rings. The van der Waals surface area contributed by atoms with Crippen molar-refractivity contribution in [1.29, 1.82) is 0 Å². The Morgan fingerprint density at radius 1 is 1.15 bits per heavy atom. The van der Waals surface area contributed by atoms with E-state index in [1.165, 1.54) is 23.9 Å². The van der Waals surface area contributed by atoms with Crippen LogP contribution in [-0.4, -0.2) is 35.2 Å². The first-order valence-corrected chi connectivity index (χ1v) is 10.5. The van der Waals surface area contributed by atoms with Crippen molar-refractivity contribution in [2.24, 2.45) is 0 Å². The number of halogens is 1. The third kappa shape index (κ3) is 5.47. The summed E-state index contributed by atoms with van der Waals surface area (Å²) in [7, 11) is 0. The van der Waals surface area contributed by atoms with Gasteiger partial charge in [-0.2, -0.15) is 0 Å². The van der Waals surface area contributed by atoms with Crippen molar-refractivity contribution >= 4 is 23.6 Å². The second-order valence-corrected chi connectivity index (χ2v) is 7.65. The summed E-state index contributed by atoms with van der Waals surface area (Å²) >= 11 is 1.53. The van der Waals surface area contributed by atoms with E-state index in [0.717, 1.165) is 37.7 Å². The second-order valence-electron chi connectivity index (χ2n) is 6.53. The van der Waals surface area contributed by atoms with Gasteiger partial charge < -0.3 is 9.64 Å². The monoisotopic (exact) mass is 381 g/mol. The maximum atomic E-state index is 13.3. The van der Waals surface area contributed by atoms with E-state index in [1.54, 1.807) is 17.0 Å². The number of hydrogen-bond acceptors (Lipinski definition) is 4. The minimum atomic E-state index is -0.569. The van der Waals surface area contributed by atoms with Crippen molar-refractivity contribution in [3.8, 4) is 0 Å². The van der Waals surface area contributed by atoms with Crippen LogP contribution in [-0.2, 0) is 14.3 Å². The Balaban J connectivity index is 2.14. The number of carbonyl (C=O) groups is 2. The van der Waals surface area contributed by atoms with Crippen LogP contribution in [0.4, 0.5) is 4.39 Å². The molecule has 26 heavy (non-hydrogen) atoms. The van der Waals surface area contributed by atoms with E-state index in [1.807, 2.05) is 6.92 Å². The van der Waals surface area contributed by atoms with E-state index in [2.05, 4.69) is 6.92 Å². The summed E-state index contributed by atoms with van der Waals surface area (Å²) < 4.78 is 18.5. The summed E-state index contributed by atoms with van der Waals surface area (Å²) in [5.41, 5.74) is 0.837. The Bertz CT molecular complexity index is 593. The predicted octanol–water partition coefficient (Wildman–Crippen LogP) is 4.69. The van der Waals surface area contributed by atoms with Crippen molar-refractivity contribution in [3.63, 3.8) is 0 Å². The fourth-order valence-electron chi connectivity index (χ4n) is 3.01. The molecule has 0 spiro atoms. The molecule has 6 heteroatoms. The first-order chi connectivity index (χ1) is 12.6. The van der Waals surface area contributed by atoms with Gasteiger partial charge in [-0.05, 0) is 30.5 Å². The van der Waals surface area contributed by atoms with Gasteiger partial charge in [-0.1, -0.05) is 45.2 Å². The molecule has 0 radical (unpaired) electrons. The van der Waals surface area contributed by atoms with Crippen LogP contribution in [0.1, 0.15) is 63.3 Å². The van der Waals surface area contributed by atoms with Gasteiger partial charge in [-0.25, -0.2) is 9.18 Å². The number of hydrogen-bond donors (Lipinski definition) is 0. The van der Waals surface area contributed by atoms with Crippen LogP contribution < -0.4 is 0 Å². The van der Waals surface area contributed by atoms with Crippen LogP contribution in [0.5, 0.6) is 0 Å². The standard InChI is InChI=1S/C20H28FNO3S/c1-3-5-6-7-8-18(23)22-17(20(24)25-13-4-2)14-26-19(22)15-9-11-16(21)12-10-15/h9-12,17,19H,3-8,13-14H2,1-2H3. The van der Waals surface area contributed by atoms with Crippen LogP contribution in [0.15, 0.2) is 24.3 Å². The molecule has 0 saturated carbocycles. The van der Waals surface area contributed by atoms with E-state index in [-0.39, 0.29) is 23.1 Å². The summed E-state index contributed by atoms with van der Waals surface area (Å²) in [5.74, 6) is -0.177. The van der Waals surface area contributed by atoms with E-state index >= 15 is 0 Å². The smallest absolute Gasteiger partial charge is 0.329 e. The van der Waals surface area contributed by atoms with Crippen LogP contribution in [0.2, 0.25) is 0 Å². The molecule has 0 N–H and O–H groups in total. The van der Waals surface area contributed by atoms with Crippen molar-refractivity contribution in [1.82, 2.24) is 4.90 Å². The molecule has 2 atom stereocenters. The molecule has 2 rings (SSSR count). The molecule has 1 aromatic rings. The molecule has 144 valence electrons. The Morgan fingerprint density at radius 3 is 2.54 bits per heavy atom. The number of esters is 1. The molecule has 2 unspecified atom stereocenters. The largest absolute Gasteiger partial charge is 0.464 e. The van der Waals surface area contributed by atoms with Crippen molar-refractivity contribution in [2.75, 3.05) is 12.4 Å². The molecule has 1 fully saturated rings. The zero-order chi connectivity index (χ0) is 18.9. The minimum Gasteiger partial charge on any atom is -0.464 e. The predicted molar refractivity (Wildman–Crippen MR) is 102 cm³/mol. The van der Waals surface area contributed by atoms with Gasteiger partial charge in [0, 0.05) is 12.2 Å². The third-order valence-corrected chi connectivity index (χ3v) is 5.73. The Morgan fingerprint density at radius 2 is 1.88 bits per heavy atom. The maximum Gasteiger partial charge on any atom is 0.329 e. The molecule has 1 heterocycles. The number of amides is 1. The van der Waals surface area contributed by atoms with Gasteiger partial charge in [-0.15, -0.1) is 11.8 Å². The highest BCUT2D eigenvalue weighted by molar-refractivity contribution is 7.99. The number of benzene rings is 1. The summed E-state index contributed by atoms with van der Waals surface area (Å²) in [4.78, 5) is 27.0. The molecule has 1 saturated heterocycles. The van der Waals surface area contributed by atoms with Gasteiger partial charge >= 0.3 is 5.97 Å². The fourth-order valence-corrected chi connectivity index (χ4v) is 4.44. The van der Waals surface area contributed by atoms with Crippen molar-refractivity contribution in [2.45, 2.75) is 63.8 Å². The van der Waals surface area contributed by atoms with Crippen molar-refractivity contribution < 1.29 is 18.7 Å². The molecule has 0 bridgehead atoms. The molecule has 1 aromatic carbocycles. The van der Waals surface area contributed by atoms with Crippen LogP contribution >= 0.6 is 11.8 Å².